The molecule has 0 aliphatic carbocycles. The Labute approximate surface area is 158 Å². The van der Waals surface area contributed by atoms with E-state index in [4.69, 9.17) is 0 Å². The second-order valence-electron chi connectivity index (χ2n) is 6.15. The first kappa shape index (κ1) is 21.6. The maximum Gasteiger partial charge on any atom is 0.411 e. The Morgan fingerprint density at radius 1 is 1.04 bits per heavy atom. The summed E-state index contributed by atoms with van der Waals surface area (Å²) >= 11 is 0. The van der Waals surface area contributed by atoms with Crippen molar-refractivity contribution in [1.82, 2.24) is 10.6 Å². The van der Waals surface area contributed by atoms with Crippen molar-refractivity contribution in [1.29, 1.82) is 0 Å². The topological polar surface area (TPSA) is 50.4 Å². The Balaban J connectivity index is 1.78. The second kappa shape index (κ2) is 9.50. The molecule has 2 N–H and O–H groups in total. The van der Waals surface area contributed by atoms with Gasteiger partial charge < -0.3 is 15.4 Å². The lowest BCUT2D eigenvalue weighted by molar-refractivity contribution is -0.176. The summed E-state index contributed by atoms with van der Waals surface area (Å²) in [5, 5.41) is 5.21. The van der Waals surface area contributed by atoms with Crippen LogP contribution in [0.25, 0.3) is 0 Å². The van der Waals surface area contributed by atoms with Crippen molar-refractivity contribution in [3.05, 3.63) is 70.8 Å². The van der Waals surface area contributed by atoms with Crippen LogP contribution in [0.5, 0.6) is 0 Å². The molecule has 0 bridgehead atoms. The average Bonchev–Trinajstić information content (AvgIpc) is 2.62. The summed E-state index contributed by atoms with van der Waals surface area (Å²) in [6.07, 6.45) is -4.37. The summed E-state index contributed by atoms with van der Waals surface area (Å²) in [6, 6.07) is 8.86. The van der Waals surface area contributed by atoms with Crippen LogP contribution in [0.4, 0.5) is 26.7 Å². The van der Waals surface area contributed by atoms with Crippen LogP contribution in [0.1, 0.15) is 29.7 Å². The Morgan fingerprint density at radius 2 is 1.68 bits per heavy atom. The number of urea groups is 1. The molecule has 0 aliphatic rings. The first-order valence-corrected chi connectivity index (χ1v) is 8.35. The molecule has 4 nitrogen and oxygen atoms in total. The zero-order chi connectivity index (χ0) is 20.7. The van der Waals surface area contributed by atoms with Gasteiger partial charge in [0.1, 0.15) is 6.61 Å². The van der Waals surface area contributed by atoms with Gasteiger partial charge in [0.15, 0.2) is 11.6 Å². The van der Waals surface area contributed by atoms with Gasteiger partial charge in [0, 0.05) is 6.54 Å². The standard InChI is InChI=1S/C19H19F5N2O2/c1-12(15-6-7-16(20)17(21)8-15)26-18(27)25-9-13-2-4-14(5-3-13)10-28-11-19(22,23)24/h2-8,12H,9-11H2,1H3,(H2,25,26,27). The Kier molecular flexibility index (Phi) is 7.33. The Bertz CT molecular complexity index is 794. The fraction of sp³-hybridized carbons (Fsp3) is 0.316. The molecule has 2 aromatic rings. The van der Waals surface area contributed by atoms with E-state index >= 15 is 0 Å². The molecule has 0 aromatic heterocycles. The molecule has 0 saturated carbocycles. The fourth-order valence-electron chi connectivity index (χ4n) is 2.33. The van der Waals surface area contributed by atoms with E-state index in [0.717, 1.165) is 17.7 Å². The van der Waals surface area contributed by atoms with Gasteiger partial charge in [-0.05, 0) is 35.7 Å². The highest BCUT2D eigenvalue weighted by Crippen LogP contribution is 2.17. The molecule has 2 aromatic carbocycles. The number of benzene rings is 2. The van der Waals surface area contributed by atoms with Gasteiger partial charge in [-0.25, -0.2) is 13.6 Å². The molecule has 0 saturated heterocycles. The van der Waals surface area contributed by atoms with Crippen molar-refractivity contribution >= 4 is 6.03 Å². The highest BCUT2D eigenvalue weighted by Gasteiger charge is 2.27. The molecule has 152 valence electrons. The van der Waals surface area contributed by atoms with Crippen LogP contribution in [0.3, 0.4) is 0 Å². The minimum atomic E-state index is -4.37. The van der Waals surface area contributed by atoms with Gasteiger partial charge in [-0.3, -0.25) is 0 Å². The monoisotopic (exact) mass is 402 g/mol. The van der Waals surface area contributed by atoms with Gasteiger partial charge in [-0.2, -0.15) is 13.2 Å². The average molecular weight is 402 g/mol. The molecule has 1 unspecified atom stereocenters. The van der Waals surface area contributed by atoms with Gasteiger partial charge in [0.05, 0.1) is 12.6 Å². The van der Waals surface area contributed by atoms with Gasteiger partial charge in [-0.1, -0.05) is 30.3 Å². The number of rotatable bonds is 7. The van der Waals surface area contributed by atoms with Gasteiger partial charge in [0.2, 0.25) is 0 Å². The molecule has 28 heavy (non-hydrogen) atoms. The van der Waals surface area contributed by atoms with Crippen LogP contribution in [-0.2, 0) is 17.9 Å². The van der Waals surface area contributed by atoms with E-state index in [1.54, 1.807) is 31.2 Å². The first-order chi connectivity index (χ1) is 13.1. The zero-order valence-electron chi connectivity index (χ0n) is 14.9. The summed E-state index contributed by atoms with van der Waals surface area (Å²) in [6.45, 7) is 0.327. The highest BCUT2D eigenvalue weighted by molar-refractivity contribution is 5.74. The van der Waals surface area contributed by atoms with Crippen molar-refractivity contribution < 1.29 is 31.5 Å². The summed E-state index contributed by atoms with van der Waals surface area (Å²) in [5.74, 6) is -1.96. The number of hydrogen-bond donors (Lipinski definition) is 2. The van der Waals surface area contributed by atoms with Gasteiger partial charge in [-0.15, -0.1) is 0 Å². The van der Waals surface area contributed by atoms with Gasteiger partial charge in [0.25, 0.3) is 0 Å². The third kappa shape index (κ3) is 7.15. The molecule has 0 fully saturated rings. The molecule has 2 rings (SSSR count). The summed E-state index contributed by atoms with van der Waals surface area (Å²) in [4.78, 5) is 11.9. The third-order valence-corrected chi connectivity index (χ3v) is 3.80. The number of carbonyl (C=O) groups excluding carboxylic acids is 1. The van der Waals surface area contributed by atoms with E-state index in [1.807, 2.05) is 0 Å². The number of amides is 2. The quantitative estimate of drug-likeness (QED) is 0.665. The van der Waals surface area contributed by atoms with Crippen LogP contribution in [0, 0.1) is 11.6 Å². The summed E-state index contributed by atoms with van der Waals surface area (Å²) < 4.78 is 66.9. The molecule has 9 heteroatoms. The molecular formula is C19H19F5N2O2. The predicted octanol–water partition coefficient (Wildman–Crippen LogP) is 4.60. The molecular weight excluding hydrogens is 383 g/mol. The summed E-state index contributed by atoms with van der Waals surface area (Å²) in [5.41, 5.74) is 1.72. The van der Waals surface area contributed by atoms with Crippen molar-refractivity contribution in [3.8, 4) is 0 Å². The first-order valence-electron chi connectivity index (χ1n) is 8.35. The van der Waals surface area contributed by atoms with Crippen LogP contribution < -0.4 is 10.6 Å². The third-order valence-electron chi connectivity index (χ3n) is 3.80. The normalized spacial score (nSPS) is 12.5. The largest absolute Gasteiger partial charge is 0.411 e. The second-order valence-corrected chi connectivity index (χ2v) is 6.15. The minimum absolute atomic E-state index is 0.167. The molecule has 1 atom stereocenters. The molecule has 0 aliphatic heterocycles. The number of ether oxygens (including phenoxy) is 1. The number of carbonyl (C=O) groups is 1. The number of hydrogen-bond acceptors (Lipinski definition) is 2. The minimum Gasteiger partial charge on any atom is -0.367 e. The van der Waals surface area contributed by atoms with Crippen molar-refractivity contribution in [2.24, 2.45) is 0 Å². The van der Waals surface area contributed by atoms with Crippen LogP contribution in [0.2, 0.25) is 0 Å². The molecule has 0 heterocycles. The predicted molar refractivity (Wildman–Crippen MR) is 92.3 cm³/mol. The van der Waals surface area contributed by atoms with Crippen LogP contribution in [0.15, 0.2) is 42.5 Å². The number of nitrogens with one attached hydrogen (secondary N) is 2. The maximum atomic E-state index is 13.2. The van der Waals surface area contributed by atoms with E-state index in [-0.39, 0.29) is 13.2 Å². The van der Waals surface area contributed by atoms with E-state index < -0.39 is 36.5 Å². The highest BCUT2D eigenvalue weighted by atomic mass is 19.4. The van der Waals surface area contributed by atoms with Crippen molar-refractivity contribution in [2.75, 3.05) is 6.61 Å². The lowest BCUT2D eigenvalue weighted by atomic mass is 10.1. The molecule has 0 radical (unpaired) electrons. The summed E-state index contributed by atoms with van der Waals surface area (Å²) in [7, 11) is 0. The van der Waals surface area contributed by atoms with Gasteiger partial charge >= 0.3 is 12.2 Å². The van der Waals surface area contributed by atoms with E-state index in [1.165, 1.54) is 6.07 Å². The van der Waals surface area contributed by atoms with Crippen molar-refractivity contribution in [2.45, 2.75) is 32.3 Å². The van der Waals surface area contributed by atoms with E-state index in [9.17, 15) is 26.7 Å². The Hall–Kier alpha value is -2.68. The fourth-order valence-corrected chi connectivity index (χ4v) is 2.33. The smallest absolute Gasteiger partial charge is 0.367 e. The van der Waals surface area contributed by atoms with E-state index in [0.29, 0.717) is 11.1 Å². The van der Waals surface area contributed by atoms with E-state index in [2.05, 4.69) is 15.4 Å². The lowest BCUT2D eigenvalue weighted by Crippen LogP contribution is -2.36. The van der Waals surface area contributed by atoms with Crippen LogP contribution >= 0.6 is 0 Å². The lowest BCUT2D eigenvalue weighted by Gasteiger charge is -2.15. The maximum absolute atomic E-state index is 13.2. The van der Waals surface area contributed by atoms with Crippen LogP contribution in [-0.4, -0.2) is 18.8 Å². The molecule has 2 amide bonds. The molecule has 0 spiro atoms. The number of halogens is 5. The number of alkyl halides is 3. The van der Waals surface area contributed by atoms with Crippen molar-refractivity contribution in [3.63, 3.8) is 0 Å². The zero-order valence-corrected chi connectivity index (χ0v) is 14.9. The Morgan fingerprint density at radius 3 is 2.29 bits per heavy atom. The SMILES string of the molecule is CC(NC(=O)NCc1ccc(COCC(F)(F)F)cc1)c1ccc(F)c(F)c1.